The highest BCUT2D eigenvalue weighted by atomic mass is 16.4. The van der Waals surface area contributed by atoms with Crippen molar-refractivity contribution in [3.8, 4) is 56.7 Å². The standard InChI is InChI=1S/C48H28N4O2/c1-3-15-29(16-4-1)45-50-46(52-47(51-45)39-27-31-19-7-8-20-32(31)33-21-9-10-22-34(33)39)36-24-12-11-23-35(36)38-28-40-44(54-48(49-40)30-17-5-2-6-18-30)42-37-25-13-14-26-41(37)53-43(38)42/h1-28H. The fourth-order valence-corrected chi connectivity index (χ4v) is 7.66. The largest absolute Gasteiger partial charge is 0.455 e. The van der Waals surface area contributed by atoms with E-state index in [2.05, 4.69) is 78.9 Å². The van der Waals surface area contributed by atoms with Crippen LogP contribution in [0.15, 0.2) is 179 Å². The molecule has 3 aromatic heterocycles. The van der Waals surface area contributed by atoms with Gasteiger partial charge in [0.15, 0.2) is 23.1 Å². The molecule has 0 aliphatic rings. The van der Waals surface area contributed by atoms with Gasteiger partial charge >= 0.3 is 0 Å². The first-order valence-electron chi connectivity index (χ1n) is 17.9. The van der Waals surface area contributed by atoms with E-state index in [-0.39, 0.29) is 0 Å². The minimum atomic E-state index is 0.555. The molecular weight excluding hydrogens is 665 g/mol. The van der Waals surface area contributed by atoms with Gasteiger partial charge < -0.3 is 8.83 Å². The first-order chi connectivity index (χ1) is 26.8. The summed E-state index contributed by atoms with van der Waals surface area (Å²) in [7, 11) is 0. The van der Waals surface area contributed by atoms with Crippen LogP contribution >= 0.6 is 0 Å². The van der Waals surface area contributed by atoms with Crippen LogP contribution in [0.3, 0.4) is 0 Å². The molecule has 8 aromatic carbocycles. The Balaban J connectivity index is 1.19. The molecule has 0 N–H and O–H groups in total. The second-order valence-electron chi connectivity index (χ2n) is 13.4. The molecule has 0 aliphatic carbocycles. The van der Waals surface area contributed by atoms with Gasteiger partial charge in [0.2, 0.25) is 5.89 Å². The molecule has 0 saturated carbocycles. The number of furan rings is 1. The third-order valence-corrected chi connectivity index (χ3v) is 10.2. The molecule has 54 heavy (non-hydrogen) atoms. The van der Waals surface area contributed by atoms with E-state index in [0.29, 0.717) is 34.5 Å². The summed E-state index contributed by atoms with van der Waals surface area (Å²) >= 11 is 0. The maximum atomic E-state index is 6.69. The normalized spacial score (nSPS) is 11.7. The number of fused-ring (bicyclic) bond motifs is 8. The maximum Gasteiger partial charge on any atom is 0.227 e. The van der Waals surface area contributed by atoms with Crippen LogP contribution in [0.25, 0.3) is 111 Å². The quantitative estimate of drug-likeness (QED) is 0.167. The second kappa shape index (κ2) is 12.1. The van der Waals surface area contributed by atoms with Crippen LogP contribution in [-0.2, 0) is 0 Å². The van der Waals surface area contributed by atoms with E-state index >= 15 is 0 Å². The van der Waals surface area contributed by atoms with Crippen LogP contribution in [0.5, 0.6) is 0 Å². The number of rotatable bonds is 5. The summed E-state index contributed by atoms with van der Waals surface area (Å²) in [6, 6.07) is 57.5. The lowest BCUT2D eigenvalue weighted by atomic mass is 9.95. The molecule has 3 heterocycles. The van der Waals surface area contributed by atoms with Crippen molar-refractivity contribution in [3.05, 3.63) is 170 Å². The highest BCUT2D eigenvalue weighted by Gasteiger charge is 2.24. The maximum absolute atomic E-state index is 6.69. The molecule has 0 amide bonds. The number of para-hydroxylation sites is 1. The average molecular weight is 693 g/mol. The zero-order chi connectivity index (χ0) is 35.6. The van der Waals surface area contributed by atoms with Crippen molar-refractivity contribution in [2.45, 2.75) is 0 Å². The van der Waals surface area contributed by atoms with Crippen LogP contribution in [0.1, 0.15) is 0 Å². The first kappa shape index (κ1) is 30.2. The SMILES string of the molecule is c1ccc(-c2nc(-c3ccccc3-c3cc4nc(-c5ccccc5)oc4c4c3oc3ccccc34)nc(-c3cc4ccccc4c4ccccc34)n2)cc1. The van der Waals surface area contributed by atoms with Crippen molar-refractivity contribution in [1.29, 1.82) is 0 Å². The number of hydrogen-bond acceptors (Lipinski definition) is 6. The smallest absolute Gasteiger partial charge is 0.227 e. The van der Waals surface area contributed by atoms with Gasteiger partial charge in [0.25, 0.3) is 0 Å². The average Bonchev–Trinajstić information content (AvgIpc) is 3.86. The fraction of sp³-hybridized carbons (Fsp3) is 0. The van der Waals surface area contributed by atoms with Gasteiger partial charge in [-0.15, -0.1) is 0 Å². The van der Waals surface area contributed by atoms with Crippen molar-refractivity contribution in [1.82, 2.24) is 19.9 Å². The summed E-state index contributed by atoms with van der Waals surface area (Å²) in [5, 5.41) is 6.38. The van der Waals surface area contributed by atoms with E-state index in [9.17, 15) is 0 Å². The Bertz CT molecular complexity index is 3220. The topological polar surface area (TPSA) is 77.8 Å². The highest BCUT2D eigenvalue weighted by Crippen LogP contribution is 2.44. The van der Waals surface area contributed by atoms with Crippen LogP contribution in [0.4, 0.5) is 0 Å². The number of hydrogen-bond donors (Lipinski definition) is 0. The summed E-state index contributed by atoms with van der Waals surface area (Å²) in [5.41, 5.74) is 8.29. The number of aromatic nitrogens is 4. The van der Waals surface area contributed by atoms with Gasteiger partial charge in [0.05, 0.1) is 5.39 Å². The zero-order valence-corrected chi connectivity index (χ0v) is 28.8. The number of oxazole rings is 1. The van der Waals surface area contributed by atoms with Crippen molar-refractivity contribution < 1.29 is 8.83 Å². The monoisotopic (exact) mass is 692 g/mol. The molecule has 11 aromatic rings. The van der Waals surface area contributed by atoms with Gasteiger partial charge in [-0.05, 0) is 57.4 Å². The van der Waals surface area contributed by atoms with Gasteiger partial charge in [-0.2, -0.15) is 0 Å². The predicted octanol–water partition coefficient (Wildman–Crippen LogP) is 12.6. The van der Waals surface area contributed by atoms with Gasteiger partial charge in [0.1, 0.15) is 16.7 Å². The van der Waals surface area contributed by atoms with Gasteiger partial charge in [-0.1, -0.05) is 140 Å². The van der Waals surface area contributed by atoms with Crippen molar-refractivity contribution in [2.24, 2.45) is 0 Å². The molecule has 11 rings (SSSR count). The summed E-state index contributed by atoms with van der Waals surface area (Å²) in [6.07, 6.45) is 0. The van der Waals surface area contributed by atoms with Crippen LogP contribution < -0.4 is 0 Å². The van der Waals surface area contributed by atoms with Gasteiger partial charge in [0, 0.05) is 33.2 Å². The van der Waals surface area contributed by atoms with E-state index < -0.39 is 0 Å². The Morgan fingerprint density at radius 1 is 0.352 bits per heavy atom. The Morgan fingerprint density at radius 3 is 1.74 bits per heavy atom. The third-order valence-electron chi connectivity index (χ3n) is 10.2. The molecule has 0 radical (unpaired) electrons. The summed E-state index contributed by atoms with van der Waals surface area (Å²) in [4.78, 5) is 20.6. The molecule has 0 unspecified atom stereocenters. The lowest BCUT2D eigenvalue weighted by Gasteiger charge is -2.14. The summed E-state index contributed by atoms with van der Waals surface area (Å²) in [6.45, 7) is 0. The fourth-order valence-electron chi connectivity index (χ4n) is 7.66. The lowest BCUT2D eigenvalue weighted by Crippen LogP contribution is -2.01. The summed E-state index contributed by atoms with van der Waals surface area (Å²) < 4.78 is 13.2. The Morgan fingerprint density at radius 2 is 0.944 bits per heavy atom. The molecule has 0 aliphatic heterocycles. The molecule has 0 atom stereocenters. The molecular formula is C48H28N4O2. The van der Waals surface area contributed by atoms with Gasteiger partial charge in [-0.25, -0.2) is 19.9 Å². The Labute approximate surface area is 309 Å². The highest BCUT2D eigenvalue weighted by molar-refractivity contribution is 6.21. The van der Waals surface area contributed by atoms with Crippen LogP contribution in [0, 0.1) is 0 Å². The molecule has 0 bridgehead atoms. The molecule has 6 nitrogen and oxygen atoms in total. The van der Waals surface area contributed by atoms with E-state index in [4.69, 9.17) is 28.8 Å². The van der Waals surface area contributed by atoms with E-state index in [1.807, 2.05) is 91.0 Å². The van der Waals surface area contributed by atoms with E-state index in [1.165, 1.54) is 5.39 Å². The predicted molar refractivity (Wildman–Crippen MR) is 217 cm³/mol. The van der Waals surface area contributed by atoms with Crippen LogP contribution in [0.2, 0.25) is 0 Å². The molecule has 0 saturated heterocycles. The Kier molecular flexibility index (Phi) is 6.75. The van der Waals surface area contributed by atoms with Crippen LogP contribution in [-0.4, -0.2) is 19.9 Å². The number of benzene rings is 8. The molecule has 0 fully saturated rings. The first-order valence-corrected chi connectivity index (χ1v) is 17.9. The van der Waals surface area contributed by atoms with Crippen molar-refractivity contribution >= 4 is 54.6 Å². The van der Waals surface area contributed by atoms with E-state index in [1.54, 1.807) is 0 Å². The Hall–Kier alpha value is -7.44. The van der Waals surface area contributed by atoms with E-state index in [0.717, 1.165) is 71.4 Å². The molecule has 6 heteroatoms. The van der Waals surface area contributed by atoms with Crippen molar-refractivity contribution in [3.63, 3.8) is 0 Å². The third kappa shape index (κ3) is 4.81. The van der Waals surface area contributed by atoms with Crippen molar-refractivity contribution in [2.75, 3.05) is 0 Å². The lowest BCUT2D eigenvalue weighted by molar-refractivity contribution is 0.622. The minimum absolute atomic E-state index is 0.555. The zero-order valence-electron chi connectivity index (χ0n) is 28.8. The van der Waals surface area contributed by atoms with Gasteiger partial charge in [-0.3, -0.25) is 0 Å². The summed E-state index contributed by atoms with van der Waals surface area (Å²) in [5.74, 6) is 2.31. The second-order valence-corrected chi connectivity index (χ2v) is 13.4. The molecule has 0 spiro atoms. The minimum Gasteiger partial charge on any atom is -0.455 e. The molecule has 252 valence electrons. The number of nitrogens with zero attached hydrogens (tertiary/aromatic N) is 4.